The Morgan fingerprint density at radius 2 is 0.938 bits per heavy atom. The van der Waals surface area contributed by atoms with Gasteiger partial charge in [-0.05, 0) is 77.0 Å². The van der Waals surface area contributed by atoms with Crippen molar-refractivity contribution >= 4 is 11.6 Å². The van der Waals surface area contributed by atoms with E-state index in [1.807, 2.05) is 0 Å². The number of nitrogens with zero attached hydrogens (tertiary/aromatic N) is 1. The van der Waals surface area contributed by atoms with Crippen LogP contribution in [0.15, 0.2) is 48.6 Å². The fraction of sp³-hybridized carbons (Fsp3) is 0.767. The molecule has 0 bridgehead atoms. The number of ether oxygens (including phenoxy) is 1. The highest BCUT2D eigenvalue weighted by atomic mass is 16.5. The Morgan fingerprint density at radius 3 is 1.33 bits per heavy atom. The molecule has 0 unspecified atom stereocenters. The van der Waals surface area contributed by atoms with Crippen molar-refractivity contribution < 1.29 is 19.4 Å². The molecule has 1 fully saturated rings. The first kappa shape index (κ1) is 44.2. The van der Waals surface area contributed by atoms with Crippen molar-refractivity contribution in [3.8, 4) is 0 Å². The quantitative estimate of drug-likeness (QED) is 0.0428. The minimum atomic E-state index is -1.29. The van der Waals surface area contributed by atoms with E-state index in [1.54, 1.807) is 0 Å². The Hall–Kier alpha value is -1.82. The standard InChI is InChI=1S/C43H75NO4/c1-3-5-7-9-11-13-15-17-19-21-23-25-27-29-31-33-41(46)43(40-45,39-44-35-37-48-38-36-44)42(47)34-32-30-28-26-24-22-20-18-16-14-12-10-8-6-4-2/h11-14,17-20,45H,3-10,15-16,21-40H2,1-2H3/b13-11-,14-12-,19-17-,20-18-. The molecule has 276 valence electrons. The molecule has 1 aliphatic rings. The van der Waals surface area contributed by atoms with E-state index in [0.717, 1.165) is 77.0 Å². The van der Waals surface area contributed by atoms with Crippen LogP contribution in [-0.4, -0.2) is 61.0 Å². The van der Waals surface area contributed by atoms with Gasteiger partial charge in [0.1, 0.15) is 17.0 Å². The summed E-state index contributed by atoms with van der Waals surface area (Å²) in [5.41, 5.74) is -1.29. The second-order valence-electron chi connectivity index (χ2n) is 13.9. The molecule has 5 heteroatoms. The van der Waals surface area contributed by atoms with E-state index in [-0.39, 0.29) is 18.2 Å². The summed E-state index contributed by atoms with van der Waals surface area (Å²) in [7, 11) is 0. The number of carbonyl (C=O) groups excluding carboxylic acids is 2. The van der Waals surface area contributed by atoms with E-state index in [2.05, 4.69) is 67.4 Å². The van der Waals surface area contributed by atoms with Gasteiger partial charge in [0.2, 0.25) is 0 Å². The third kappa shape index (κ3) is 22.7. The zero-order chi connectivity index (χ0) is 34.8. The minimum Gasteiger partial charge on any atom is -0.395 e. The monoisotopic (exact) mass is 670 g/mol. The average molecular weight is 670 g/mol. The number of rotatable bonds is 33. The Kier molecular flexibility index (Phi) is 29.8. The maximum Gasteiger partial charge on any atom is 0.150 e. The molecule has 0 aromatic heterocycles. The molecule has 1 rings (SSSR count). The molecular formula is C43H75NO4. The zero-order valence-corrected chi connectivity index (χ0v) is 31.5. The lowest BCUT2D eigenvalue weighted by atomic mass is 9.75. The van der Waals surface area contributed by atoms with Crippen molar-refractivity contribution in [2.75, 3.05) is 39.5 Å². The molecule has 0 amide bonds. The predicted molar refractivity (Wildman–Crippen MR) is 206 cm³/mol. The van der Waals surface area contributed by atoms with Crippen LogP contribution < -0.4 is 0 Å². The summed E-state index contributed by atoms with van der Waals surface area (Å²) in [6, 6.07) is 0. The molecular weight excluding hydrogens is 594 g/mol. The Bertz CT molecular complexity index is 825. The second-order valence-corrected chi connectivity index (χ2v) is 13.9. The van der Waals surface area contributed by atoms with Gasteiger partial charge in [-0.2, -0.15) is 0 Å². The number of unbranched alkanes of at least 4 members (excludes halogenated alkanes) is 16. The molecule has 1 aliphatic heterocycles. The SMILES string of the molecule is CCCCC/C=C\C/C=C\CCCCCCCC(=O)C(CO)(CN1CCOCC1)C(=O)CCCCCCC/C=C\C/C=C\CCCCC. The lowest BCUT2D eigenvalue weighted by molar-refractivity contribution is -0.146. The van der Waals surface area contributed by atoms with Gasteiger partial charge in [-0.15, -0.1) is 0 Å². The topological polar surface area (TPSA) is 66.8 Å². The number of morpholine rings is 1. The normalized spacial score (nSPS) is 14.8. The van der Waals surface area contributed by atoms with Crippen molar-refractivity contribution in [3.05, 3.63) is 48.6 Å². The van der Waals surface area contributed by atoms with Gasteiger partial charge in [0.15, 0.2) is 0 Å². The predicted octanol–water partition coefficient (Wildman–Crippen LogP) is 11.1. The van der Waals surface area contributed by atoms with Gasteiger partial charge in [-0.3, -0.25) is 14.5 Å². The second kappa shape index (κ2) is 32.4. The third-order valence-electron chi connectivity index (χ3n) is 9.64. The Balaban J connectivity index is 2.35. The molecule has 0 atom stereocenters. The molecule has 5 nitrogen and oxygen atoms in total. The van der Waals surface area contributed by atoms with Gasteiger partial charge < -0.3 is 9.84 Å². The van der Waals surface area contributed by atoms with Gasteiger partial charge in [-0.25, -0.2) is 0 Å². The molecule has 0 aromatic rings. The summed E-state index contributed by atoms with van der Waals surface area (Å²) in [5.74, 6) is -0.121. The zero-order valence-electron chi connectivity index (χ0n) is 31.5. The highest BCUT2D eigenvalue weighted by Gasteiger charge is 2.45. The number of allylic oxidation sites excluding steroid dienone is 8. The van der Waals surface area contributed by atoms with Crippen LogP contribution in [0.25, 0.3) is 0 Å². The molecule has 0 spiro atoms. The largest absolute Gasteiger partial charge is 0.395 e. The lowest BCUT2D eigenvalue weighted by Crippen LogP contribution is -2.53. The molecule has 0 radical (unpaired) electrons. The van der Waals surface area contributed by atoms with Gasteiger partial charge in [0.25, 0.3) is 0 Å². The highest BCUT2D eigenvalue weighted by Crippen LogP contribution is 2.28. The molecule has 1 saturated heterocycles. The lowest BCUT2D eigenvalue weighted by Gasteiger charge is -2.36. The van der Waals surface area contributed by atoms with Crippen LogP contribution >= 0.6 is 0 Å². The van der Waals surface area contributed by atoms with E-state index in [4.69, 9.17) is 4.74 Å². The van der Waals surface area contributed by atoms with Crippen LogP contribution in [0.4, 0.5) is 0 Å². The van der Waals surface area contributed by atoms with Crippen LogP contribution in [-0.2, 0) is 14.3 Å². The maximum atomic E-state index is 13.6. The van der Waals surface area contributed by atoms with Crippen LogP contribution in [0.2, 0.25) is 0 Å². The number of aliphatic hydroxyl groups is 1. The number of ketones is 2. The minimum absolute atomic E-state index is 0.0604. The smallest absolute Gasteiger partial charge is 0.150 e. The van der Waals surface area contributed by atoms with E-state index in [9.17, 15) is 14.7 Å². The summed E-state index contributed by atoms with van der Waals surface area (Å²) in [6.07, 6.45) is 43.9. The molecule has 1 heterocycles. The van der Waals surface area contributed by atoms with Crippen molar-refractivity contribution in [1.29, 1.82) is 0 Å². The first-order valence-corrected chi connectivity index (χ1v) is 20.2. The summed E-state index contributed by atoms with van der Waals surface area (Å²) in [5, 5.41) is 10.6. The van der Waals surface area contributed by atoms with Crippen molar-refractivity contribution in [2.24, 2.45) is 5.41 Å². The van der Waals surface area contributed by atoms with E-state index in [0.29, 0.717) is 45.7 Å². The van der Waals surface area contributed by atoms with Gasteiger partial charge >= 0.3 is 0 Å². The Morgan fingerprint density at radius 1 is 0.562 bits per heavy atom. The van der Waals surface area contributed by atoms with Crippen LogP contribution in [0.3, 0.4) is 0 Å². The summed E-state index contributed by atoms with van der Waals surface area (Å²) in [6.45, 7) is 7.05. The van der Waals surface area contributed by atoms with Crippen LogP contribution in [0.1, 0.15) is 168 Å². The average Bonchev–Trinajstić information content (AvgIpc) is 3.10. The van der Waals surface area contributed by atoms with Crippen molar-refractivity contribution in [3.63, 3.8) is 0 Å². The van der Waals surface area contributed by atoms with E-state index >= 15 is 0 Å². The van der Waals surface area contributed by atoms with Gasteiger partial charge in [0.05, 0.1) is 19.8 Å². The van der Waals surface area contributed by atoms with Crippen LogP contribution in [0.5, 0.6) is 0 Å². The van der Waals surface area contributed by atoms with E-state index in [1.165, 1.54) is 64.2 Å². The fourth-order valence-electron chi connectivity index (χ4n) is 6.37. The summed E-state index contributed by atoms with van der Waals surface area (Å²) in [4.78, 5) is 29.4. The summed E-state index contributed by atoms with van der Waals surface area (Å²) < 4.78 is 5.50. The molecule has 1 N–H and O–H groups in total. The highest BCUT2D eigenvalue weighted by molar-refractivity contribution is 6.07. The molecule has 0 saturated carbocycles. The summed E-state index contributed by atoms with van der Waals surface area (Å²) >= 11 is 0. The Labute approximate surface area is 296 Å². The number of aliphatic hydroxyl groups excluding tert-OH is 1. The molecule has 0 aliphatic carbocycles. The first-order valence-electron chi connectivity index (χ1n) is 20.2. The maximum absolute atomic E-state index is 13.6. The van der Waals surface area contributed by atoms with Crippen molar-refractivity contribution in [1.82, 2.24) is 4.90 Å². The number of Topliss-reactive ketones (excluding diaryl/α,β-unsaturated/α-hetero) is 2. The number of hydrogen-bond donors (Lipinski definition) is 1. The third-order valence-corrected chi connectivity index (χ3v) is 9.64. The number of hydrogen-bond acceptors (Lipinski definition) is 5. The molecule has 0 aromatic carbocycles. The number of carbonyl (C=O) groups is 2. The van der Waals surface area contributed by atoms with E-state index < -0.39 is 5.41 Å². The first-order chi connectivity index (χ1) is 23.6. The van der Waals surface area contributed by atoms with Crippen molar-refractivity contribution in [2.45, 2.75) is 168 Å². The van der Waals surface area contributed by atoms with Gasteiger partial charge in [-0.1, -0.05) is 127 Å². The fourth-order valence-corrected chi connectivity index (χ4v) is 6.37. The van der Waals surface area contributed by atoms with Crippen LogP contribution in [0, 0.1) is 5.41 Å². The van der Waals surface area contributed by atoms with Gasteiger partial charge in [0, 0.05) is 32.5 Å². The molecule has 48 heavy (non-hydrogen) atoms.